The smallest absolute Gasteiger partial charge is 0.319 e. The Kier molecular flexibility index (Phi) is 3.45. The molecule has 88 valence electrons. The summed E-state index contributed by atoms with van der Waals surface area (Å²) in [5, 5.41) is 8.62. The van der Waals surface area contributed by atoms with Gasteiger partial charge in [-0.05, 0) is 6.92 Å². The van der Waals surface area contributed by atoms with Crippen LogP contribution in [0.4, 0.5) is 0 Å². The number of aromatic nitrogens is 3. The average Bonchev–Trinajstić information content (AvgIpc) is 2.86. The van der Waals surface area contributed by atoms with E-state index in [1.165, 1.54) is 11.8 Å². The van der Waals surface area contributed by atoms with Crippen LogP contribution in [0.3, 0.4) is 0 Å². The van der Waals surface area contributed by atoms with Gasteiger partial charge in [0.2, 0.25) is 0 Å². The number of carbonyl (C=O) groups is 1. The molecular formula is C9H14N4O2S. The van der Waals surface area contributed by atoms with Gasteiger partial charge in [0.1, 0.15) is 11.1 Å². The highest BCUT2D eigenvalue weighted by atomic mass is 32.2. The first-order valence-electron chi connectivity index (χ1n) is 5.21. The van der Waals surface area contributed by atoms with Gasteiger partial charge >= 0.3 is 5.97 Å². The van der Waals surface area contributed by atoms with E-state index in [1.807, 2.05) is 11.5 Å². The molecule has 1 aliphatic heterocycles. The SMILES string of the molecule is CCn1c(CN)nnc1SC1CCOC1=O. The Balaban J connectivity index is 2.14. The Labute approximate surface area is 97.5 Å². The van der Waals surface area contributed by atoms with E-state index < -0.39 is 0 Å². The zero-order chi connectivity index (χ0) is 11.5. The third kappa shape index (κ3) is 2.05. The van der Waals surface area contributed by atoms with Crippen LogP contribution in [0.15, 0.2) is 5.16 Å². The number of ether oxygens (including phenoxy) is 1. The maximum atomic E-state index is 11.3. The zero-order valence-electron chi connectivity index (χ0n) is 9.05. The molecule has 1 unspecified atom stereocenters. The second-order valence-electron chi connectivity index (χ2n) is 3.41. The second-order valence-corrected chi connectivity index (χ2v) is 4.58. The molecule has 1 aliphatic rings. The standard InChI is InChI=1S/C9H14N4O2S/c1-2-13-7(5-10)11-12-9(13)16-6-3-4-15-8(6)14/h6H,2-5,10H2,1H3. The molecule has 0 spiro atoms. The molecule has 0 aromatic carbocycles. The number of nitrogens with zero attached hydrogens (tertiary/aromatic N) is 3. The van der Waals surface area contributed by atoms with Crippen molar-refractivity contribution in [2.75, 3.05) is 6.61 Å². The molecule has 6 nitrogen and oxygen atoms in total. The van der Waals surface area contributed by atoms with Crippen molar-refractivity contribution in [1.82, 2.24) is 14.8 Å². The lowest BCUT2D eigenvalue weighted by molar-refractivity contribution is -0.137. The number of hydrogen-bond donors (Lipinski definition) is 1. The van der Waals surface area contributed by atoms with Crippen LogP contribution in [0, 0.1) is 0 Å². The predicted octanol–water partition coefficient (Wildman–Crippen LogP) is 0.164. The summed E-state index contributed by atoms with van der Waals surface area (Å²) in [4.78, 5) is 11.3. The minimum Gasteiger partial charge on any atom is -0.465 e. The van der Waals surface area contributed by atoms with Crippen LogP contribution in [0.5, 0.6) is 0 Å². The van der Waals surface area contributed by atoms with Gasteiger partial charge in [-0.25, -0.2) is 0 Å². The molecule has 2 N–H and O–H groups in total. The quantitative estimate of drug-likeness (QED) is 0.757. The van der Waals surface area contributed by atoms with Gasteiger partial charge in [0.25, 0.3) is 0 Å². The van der Waals surface area contributed by atoms with Gasteiger partial charge in [0.15, 0.2) is 5.16 Å². The van der Waals surface area contributed by atoms with Gasteiger partial charge in [-0.3, -0.25) is 4.79 Å². The molecular weight excluding hydrogens is 228 g/mol. The van der Waals surface area contributed by atoms with Crippen molar-refractivity contribution in [3.8, 4) is 0 Å². The Bertz CT molecular complexity index is 393. The number of esters is 1. The minimum absolute atomic E-state index is 0.153. The fourth-order valence-electron chi connectivity index (χ4n) is 1.59. The van der Waals surface area contributed by atoms with Crippen LogP contribution >= 0.6 is 11.8 Å². The normalized spacial score (nSPS) is 20.1. The maximum Gasteiger partial charge on any atom is 0.319 e. The number of carbonyl (C=O) groups excluding carboxylic acids is 1. The van der Waals surface area contributed by atoms with E-state index in [9.17, 15) is 4.79 Å². The van der Waals surface area contributed by atoms with Crippen LogP contribution in [0.2, 0.25) is 0 Å². The lowest BCUT2D eigenvalue weighted by Crippen LogP contribution is -2.12. The van der Waals surface area contributed by atoms with E-state index in [4.69, 9.17) is 10.5 Å². The molecule has 0 bridgehead atoms. The van der Waals surface area contributed by atoms with E-state index in [0.29, 0.717) is 13.2 Å². The summed E-state index contributed by atoms with van der Waals surface area (Å²) in [5.41, 5.74) is 5.55. The van der Waals surface area contributed by atoms with Gasteiger partial charge in [-0.1, -0.05) is 11.8 Å². The summed E-state index contributed by atoms with van der Waals surface area (Å²) in [5.74, 6) is 0.585. The summed E-state index contributed by atoms with van der Waals surface area (Å²) in [7, 11) is 0. The van der Waals surface area contributed by atoms with Crippen molar-refractivity contribution in [3.05, 3.63) is 5.82 Å². The molecule has 1 fully saturated rings. The average molecular weight is 242 g/mol. The fourth-order valence-corrected chi connectivity index (χ4v) is 2.67. The molecule has 2 rings (SSSR count). The summed E-state index contributed by atoms with van der Waals surface area (Å²) in [6.45, 7) is 3.61. The summed E-state index contributed by atoms with van der Waals surface area (Å²) >= 11 is 1.41. The molecule has 0 amide bonds. The molecule has 0 radical (unpaired) electrons. The summed E-state index contributed by atoms with van der Waals surface area (Å²) in [6, 6.07) is 0. The molecule has 16 heavy (non-hydrogen) atoms. The van der Waals surface area contributed by atoms with E-state index in [0.717, 1.165) is 23.9 Å². The van der Waals surface area contributed by atoms with Crippen LogP contribution in [-0.4, -0.2) is 32.6 Å². The monoisotopic (exact) mass is 242 g/mol. The first-order valence-corrected chi connectivity index (χ1v) is 6.09. The molecule has 1 saturated heterocycles. The topological polar surface area (TPSA) is 83.0 Å². The van der Waals surface area contributed by atoms with Crippen LogP contribution in [0.25, 0.3) is 0 Å². The first kappa shape index (κ1) is 11.4. The lowest BCUT2D eigenvalue weighted by atomic mass is 10.4. The fraction of sp³-hybridized carbons (Fsp3) is 0.667. The van der Waals surface area contributed by atoms with Crippen LogP contribution in [-0.2, 0) is 22.6 Å². The van der Waals surface area contributed by atoms with E-state index in [-0.39, 0.29) is 11.2 Å². The van der Waals surface area contributed by atoms with Crippen molar-refractivity contribution >= 4 is 17.7 Å². The number of thioether (sulfide) groups is 1. The summed E-state index contributed by atoms with van der Waals surface area (Å²) in [6.07, 6.45) is 0.734. The van der Waals surface area contributed by atoms with Crippen molar-refractivity contribution < 1.29 is 9.53 Å². The molecule has 1 atom stereocenters. The number of nitrogens with two attached hydrogens (primary N) is 1. The third-order valence-electron chi connectivity index (χ3n) is 2.43. The van der Waals surface area contributed by atoms with Gasteiger partial charge in [-0.2, -0.15) is 0 Å². The third-order valence-corrected chi connectivity index (χ3v) is 3.65. The Hall–Kier alpha value is -1.08. The van der Waals surface area contributed by atoms with Gasteiger partial charge in [-0.15, -0.1) is 10.2 Å². The lowest BCUT2D eigenvalue weighted by Gasteiger charge is -2.07. The molecule has 1 aromatic rings. The molecule has 1 aromatic heterocycles. The molecule has 0 aliphatic carbocycles. The Morgan fingerprint density at radius 2 is 2.44 bits per heavy atom. The van der Waals surface area contributed by atoms with Crippen molar-refractivity contribution in [3.63, 3.8) is 0 Å². The zero-order valence-corrected chi connectivity index (χ0v) is 9.87. The molecule has 0 saturated carbocycles. The van der Waals surface area contributed by atoms with Crippen LogP contribution in [0.1, 0.15) is 19.2 Å². The van der Waals surface area contributed by atoms with Crippen molar-refractivity contribution in [1.29, 1.82) is 0 Å². The second kappa shape index (κ2) is 4.84. The highest BCUT2D eigenvalue weighted by molar-refractivity contribution is 8.00. The predicted molar refractivity (Wildman–Crippen MR) is 58.8 cm³/mol. The van der Waals surface area contributed by atoms with Gasteiger partial charge < -0.3 is 15.0 Å². The minimum atomic E-state index is -0.162. The van der Waals surface area contributed by atoms with E-state index >= 15 is 0 Å². The Morgan fingerprint density at radius 1 is 1.62 bits per heavy atom. The highest BCUT2D eigenvalue weighted by Gasteiger charge is 2.29. The van der Waals surface area contributed by atoms with Gasteiger partial charge in [0.05, 0.1) is 13.2 Å². The molecule has 7 heteroatoms. The first-order chi connectivity index (χ1) is 7.76. The van der Waals surface area contributed by atoms with E-state index in [2.05, 4.69) is 10.2 Å². The highest BCUT2D eigenvalue weighted by Crippen LogP contribution is 2.28. The summed E-state index contributed by atoms with van der Waals surface area (Å²) < 4.78 is 6.83. The number of rotatable bonds is 4. The van der Waals surface area contributed by atoms with Crippen molar-refractivity contribution in [2.45, 2.75) is 36.8 Å². The van der Waals surface area contributed by atoms with Crippen molar-refractivity contribution in [2.24, 2.45) is 5.73 Å². The van der Waals surface area contributed by atoms with Crippen LogP contribution < -0.4 is 5.73 Å². The van der Waals surface area contributed by atoms with E-state index in [1.54, 1.807) is 0 Å². The Morgan fingerprint density at radius 3 is 3.00 bits per heavy atom. The molecule has 2 heterocycles. The maximum absolute atomic E-state index is 11.3. The number of cyclic esters (lactones) is 1. The largest absolute Gasteiger partial charge is 0.465 e. The van der Waals surface area contributed by atoms with Gasteiger partial charge in [0, 0.05) is 13.0 Å². The number of hydrogen-bond acceptors (Lipinski definition) is 6.